The predicted octanol–water partition coefficient (Wildman–Crippen LogP) is 6.80. The van der Waals surface area contributed by atoms with Crippen molar-refractivity contribution in [1.82, 2.24) is 0 Å². The fourth-order valence-electron chi connectivity index (χ4n) is 3.83. The van der Waals surface area contributed by atoms with Crippen molar-refractivity contribution in [2.45, 2.75) is 26.4 Å². The van der Waals surface area contributed by atoms with E-state index in [0.717, 1.165) is 44.9 Å². The van der Waals surface area contributed by atoms with Gasteiger partial charge in [-0.25, -0.2) is 0 Å². The molecule has 4 nitrogen and oxygen atoms in total. The Kier molecular flexibility index (Phi) is 8.33. The monoisotopic (exact) mass is 454 g/mol. The molecule has 0 N–H and O–H groups in total. The first kappa shape index (κ1) is 23.6. The molecule has 0 bridgehead atoms. The van der Waals surface area contributed by atoms with Crippen LogP contribution >= 0.6 is 0 Å². The molecule has 0 amide bonds. The Labute approximate surface area is 201 Å². The van der Waals surface area contributed by atoms with Crippen molar-refractivity contribution in [2.24, 2.45) is 0 Å². The number of methoxy groups -OCH3 is 2. The highest BCUT2D eigenvalue weighted by Crippen LogP contribution is 2.38. The minimum Gasteiger partial charge on any atom is -0.496 e. The van der Waals surface area contributed by atoms with Crippen LogP contribution in [0.15, 0.2) is 97.1 Å². The van der Waals surface area contributed by atoms with E-state index in [1.807, 2.05) is 60.7 Å². The summed E-state index contributed by atoms with van der Waals surface area (Å²) < 4.78 is 23.3. The maximum atomic E-state index is 5.95. The van der Waals surface area contributed by atoms with Gasteiger partial charge in [-0.05, 0) is 46.5 Å². The van der Waals surface area contributed by atoms with Crippen molar-refractivity contribution in [3.63, 3.8) is 0 Å². The zero-order valence-electron chi connectivity index (χ0n) is 19.7. The van der Waals surface area contributed by atoms with E-state index in [1.54, 1.807) is 14.2 Å². The summed E-state index contributed by atoms with van der Waals surface area (Å²) in [4.78, 5) is 0. The molecule has 4 rings (SSSR count). The van der Waals surface area contributed by atoms with E-state index in [1.165, 1.54) is 0 Å². The Bertz CT molecular complexity index is 1080. The summed E-state index contributed by atoms with van der Waals surface area (Å²) in [5.41, 5.74) is 6.37. The summed E-state index contributed by atoms with van der Waals surface area (Å²) in [6.07, 6.45) is 0. The molecule has 0 radical (unpaired) electrons. The normalized spacial score (nSPS) is 10.8. The summed E-state index contributed by atoms with van der Waals surface area (Å²) in [6, 6.07) is 32.6. The lowest BCUT2D eigenvalue weighted by Crippen LogP contribution is -1.99. The average Bonchev–Trinajstić information content (AvgIpc) is 2.90. The Morgan fingerprint density at radius 2 is 0.824 bits per heavy atom. The van der Waals surface area contributed by atoms with Gasteiger partial charge >= 0.3 is 0 Å². The van der Waals surface area contributed by atoms with Crippen LogP contribution in [0, 0.1) is 0 Å². The molecule has 0 fully saturated rings. The lowest BCUT2D eigenvalue weighted by Gasteiger charge is -2.16. The topological polar surface area (TPSA) is 36.9 Å². The Hall–Kier alpha value is -3.60. The summed E-state index contributed by atoms with van der Waals surface area (Å²) in [5, 5.41) is 0. The van der Waals surface area contributed by atoms with Gasteiger partial charge in [0.15, 0.2) is 0 Å². The van der Waals surface area contributed by atoms with Crippen molar-refractivity contribution in [3.05, 3.63) is 119 Å². The van der Waals surface area contributed by atoms with Gasteiger partial charge in [0.05, 0.1) is 40.6 Å². The van der Waals surface area contributed by atoms with E-state index in [2.05, 4.69) is 36.4 Å². The second-order valence-electron chi connectivity index (χ2n) is 8.03. The Morgan fingerprint density at radius 1 is 0.441 bits per heavy atom. The number of hydrogen-bond donors (Lipinski definition) is 0. The molecule has 0 aliphatic rings. The molecule has 0 saturated heterocycles. The third-order valence-electron chi connectivity index (χ3n) is 5.58. The Morgan fingerprint density at radius 3 is 1.21 bits per heavy atom. The van der Waals surface area contributed by atoms with Crippen LogP contribution in [0.2, 0.25) is 0 Å². The zero-order valence-corrected chi connectivity index (χ0v) is 19.7. The molecule has 0 aliphatic carbocycles. The van der Waals surface area contributed by atoms with Gasteiger partial charge < -0.3 is 18.9 Å². The van der Waals surface area contributed by atoms with Crippen molar-refractivity contribution >= 4 is 0 Å². The third kappa shape index (κ3) is 6.25. The zero-order chi connectivity index (χ0) is 23.6. The average molecular weight is 455 g/mol. The highest BCUT2D eigenvalue weighted by atomic mass is 16.5. The first-order chi connectivity index (χ1) is 16.8. The number of benzene rings is 4. The first-order valence-electron chi connectivity index (χ1n) is 11.3. The second kappa shape index (κ2) is 12.0. The number of hydrogen-bond acceptors (Lipinski definition) is 4. The van der Waals surface area contributed by atoms with Crippen molar-refractivity contribution < 1.29 is 18.9 Å². The molecule has 34 heavy (non-hydrogen) atoms. The number of rotatable bonds is 11. The standard InChI is InChI=1S/C30H30O4/c1-31-29-15-13-25(21-33-19-23-9-5-3-6-10-23)17-27(29)28-18-26(14-16-30(28)32-2)22-34-20-24-11-7-4-8-12-24/h3-18H,19-22H2,1-2H3. The molecule has 4 aromatic carbocycles. The maximum absolute atomic E-state index is 5.95. The van der Waals surface area contributed by atoms with E-state index in [0.29, 0.717) is 26.4 Å². The third-order valence-corrected chi connectivity index (χ3v) is 5.58. The van der Waals surface area contributed by atoms with E-state index in [9.17, 15) is 0 Å². The van der Waals surface area contributed by atoms with Gasteiger partial charge in [0.25, 0.3) is 0 Å². The predicted molar refractivity (Wildman–Crippen MR) is 135 cm³/mol. The van der Waals surface area contributed by atoms with Gasteiger partial charge in [-0.15, -0.1) is 0 Å². The molecule has 0 unspecified atom stereocenters. The van der Waals surface area contributed by atoms with Gasteiger partial charge in [-0.2, -0.15) is 0 Å². The Balaban J connectivity index is 1.51. The maximum Gasteiger partial charge on any atom is 0.126 e. The first-order valence-corrected chi connectivity index (χ1v) is 11.3. The molecular weight excluding hydrogens is 424 g/mol. The highest BCUT2D eigenvalue weighted by Gasteiger charge is 2.14. The fourth-order valence-corrected chi connectivity index (χ4v) is 3.83. The molecule has 0 heterocycles. The van der Waals surface area contributed by atoms with Crippen LogP contribution in [-0.4, -0.2) is 14.2 Å². The summed E-state index contributed by atoms with van der Waals surface area (Å²) in [5.74, 6) is 1.57. The molecule has 4 heteroatoms. The lowest BCUT2D eigenvalue weighted by atomic mass is 9.99. The summed E-state index contributed by atoms with van der Waals surface area (Å²) >= 11 is 0. The molecule has 0 spiro atoms. The SMILES string of the molecule is COc1ccc(COCc2ccccc2)cc1-c1cc(COCc2ccccc2)ccc1OC. The van der Waals surface area contributed by atoms with Crippen LogP contribution in [0.25, 0.3) is 11.1 Å². The van der Waals surface area contributed by atoms with Crippen LogP contribution in [0.5, 0.6) is 11.5 Å². The van der Waals surface area contributed by atoms with Crippen LogP contribution in [0.3, 0.4) is 0 Å². The minimum absolute atomic E-state index is 0.508. The second-order valence-corrected chi connectivity index (χ2v) is 8.03. The molecule has 0 atom stereocenters. The van der Waals surface area contributed by atoms with E-state index in [4.69, 9.17) is 18.9 Å². The van der Waals surface area contributed by atoms with Crippen LogP contribution in [0.4, 0.5) is 0 Å². The van der Waals surface area contributed by atoms with Gasteiger partial charge in [0, 0.05) is 11.1 Å². The van der Waals surface area contributed by atoms with E-state index >= 15 is 0 Å². The summed E-state index contributed by atoms with van der Waals surface area (Å²) in [7, 11) is 3.37. The van der Waals surface area contributed by atoms with Crippen LogP contribution < -0.4 is 9.47 Å². The largest absolute Gasteiger partial charge is 0.496 e. The molecular formula is C30H30O4. The van der Waals surface area contributed by atoms with Crippen molar-refractivity contribution in [1.29, 1.82) is 0 Å². The molecule has 0 aromatic heterocycles. The smallest absolute Gasteiger partial charge is 0.126 e. The molecule has 0 saturated carbocycles. The quantitative estimate of drug-likeness (QED) is 0.250. The van der Waals surface area contributed by atoms with Crippen LogP contribution in [-0.2, 0) is 35.9 Å². The van der Waals surface area contributed by atoms with Crippen LogP contribution in [0.1, 0.15) is 22.3 Å². The fraction of sp³-hybridized carbons (Fsp3) is 0.200. The van der Waals surface area contributed by atoms with E-state index in [-0.39, 0.29) is 0 Å². The van der Waals surface area contributed by atoms with Gasteiger partial charge in [0.2, 0.25) is 0 Å². The lowest BCUT2D eigenvalue weighted by molar-refractivity contribution is 0.107. The van der Waals surface area contributed by atoms with Gasteiger partial charge in [-0.3, -0.25) is 0 Å². The van der Waals surface area contributed by atoms with Gasteiger partial charge in [-0.1, -0.05) is 72.8 Å². The molecule has 0 aliphatic heterocycles. The minimum atomic E-state index is 0.508. The van der Waals surface area contributed by atoms with E-state index < -0.39 is 0 Å². The van der Waals surface area contributed by atoms with Crippen molar-refractivity contribution in [3.8, 4) is 22.6 Å². The highest BCUT2D eigenvalue weighted by molar-refractivity contribution is 5.77. The summed E-state index contributed by atoms with van der Waals surface area (Å²) in [6.45, 7) is 2.15. The molecule has 4 aromatic rings. The number of ether oxygens (including phenoxy) is 4. The van der Waals surface area contributed by atoms with Gasteiger partial charge in [0.1, 0.15) is 11.5 Å². The van der Waals surface area contributed by atoms with Crippen molar-refractivity contribution in [2.75, 3.05) is 14.2 Å². The molecule has 174 valence electrons.